The first kappa shape index (κ1) is 21.0. The molecule has 0 saturated carbocycles. The molecule has 3 heterocycles. The molecule has 6 heteroatoms. The minimum atomic E-state index is 0.247. The number of carbonyl (C=O) groups excluding carboxylic acids is 1. The first-order valence-electron chi connectivity index (χ1n) is 11.4. The van der Waals surface area contributed by atoms with Gasteiger partial charge < -0.3 is 14.7 Å². The summed E-state index contributed by atoms with van der Waals surface area (Å²) in [5.74, 6) is 0.666. The predicted molar refractivity (Wildman–Crippen MR) is 120 cm³/mol. The molecule has 0 unspecified atom stereocenters. The molecule has 4 rings (SSSR count). The zero-order valence-corrected chi connectivity index (χ0v) is 18.5. The number of likely N-dealkylation sites (tertiary alicyclic amines) is 2. The molecule has 0 aromatic heterocycles. The number of carbonyl (C=O) groups is 1. The molecule has 1 aromatic carbocycles. The summed E-state index contributed by atoms with van der Waals surface area (Å²) in [6.45, 7) is 11.5. The Balaban J connectivity index is 1.28. The summed E-state index contributed by atoms with van der Waals surface area (Å²) in [7, 11) is 0. The quantitative estimate of drug-likeness (QED) is 0.751. The van der Waals surface area contributed by atoms with Crippen LogP contribution in [0.15, 0.2) is 24.3 Å². The van der Waals surface area contributed by atoms with Gasteiger partial charge in [0.15, 0.2) is 0 Å². The predicted octanol–water partition coefficient (Wildman–Crippen LogP) is 3.18. The van der Waals surface area contributed by atoms with E-state index in [1.165, 1.54) is 12.1 Å². The Kier molecular flexibility index (Phi) is 6.99. The fraction of sp³-hybridized carbons (Fsp3) is 0.696. The summed E-state index contributed by atoms with van der Waals surface area (Å²) < 4.78 is 0. The Hall–Kier alpha value is -1.30. The molecule has 0 spiro atoms. The van der Waals surface area contributed by atoms with E-state index in [0.717, 1.165) is 83.2 Å². The fourth-order valence-corrected chi connectivity index (χ4v) is 5.41. The van der Waals surface area contributed by atoms with Crippen LogP contribution in [-0.2, 0) is 4.79 Å². The van der Waals surface area contributed by atoms with Crippen molar-refractivity contribution in [1.82, 2.24) is 14.7 Å². The van der Waals surface area contributed by atoms with Gasteiger partial charge >= 0.3 is 0 Å². The Labute approximate surface area is 180 Å². The normalized spacial score (nSPS) is 25.4. The van der Waals surface area contributed by atoms with Crippen molar-refractivity contribution >= 4 is 23.2 Å². The average molecular weight is 419 g/mol. The molecular formula is C23H35ClN4O. The zero-order valence-electron chi connectivity index (χ0n) is 17.7. The van der Waals surface area contributed by atoms with Crippen molar-refractivity contribution in [1.29, 1.82) is 0 Å². The molecule has 0 bridgehead atoms. The Morgan fingerprint density at radius 2 is 1.79 bits per heavy atom. The van der Waals surface area contributed by atoms with Crippen molar-refractivity contribution in [3.05, 3.63) is 29.3 Å². The van der Waals surface area contributed by atoms with E-state index in [0.29, 0.717) is 11.9 Å². The summed E-state index contributed by atoms with van der Waals surface area (Å²) in [6.07, 6.45) is 4.42. The van der Waals surface area contributed by atoms with Crippen LogP contribution in [0.2, 0.25) is 5.02 Å². The summed E-state index contributed by atoms with van der Waals surface area (Å²) in [6, 6.07) is 8.68. The summed E-state index contributed by atoms with van der Waals surface area (Å²) in [5, 5.41) is 0.802. The van der Waals surface area contributed by atoms with Crippen LogP contribution in [0.5, 0.6) is 0 Å². The van der Waals surface area contributed by atoms with Gasteiger partial charge in [0.2, 0.25) is 5.91 Å². The molecule has 5 nitrogen and oxygen atoms in total. The lowest BCUT2D eigenvalue weighted by molar-refractivity contribution is -0.139. The van der Waals surface area contributed by atoms with Gasteiger partial charge in [0, 0.05) is 61.9 Å². The number of benzene rings is 1. The van der Waals surface area contributed by atoms with E-state index in [1.807, 2.05) is 12.1 Å². The van der Waals surface area contributed by atoms with Crippen molar-refractivity contribution in [3.8, 4) is 0 Å². The van der Waals surface area contributed by atoms with Crippen LogP contribution >= 0.6 is 11.6 Å². The Bertz CT molecular complexity index is 683. The largest absolute Gasteiger partial charge is 0.369 e. The smallest absolute Gasteiger partial charge is 0.225 e. The van der Waals surface area contributed by atoms with E-state index in [1.54, 1.807) is 0 Å². The summed E-state index contributed by atoms with van der Waals surface area (Å²) in [4.78, 5) is 22.8. The molecule has 0 N–H and O–H groups in total. The maximum Gasteiger partial charge on any atom is 0.225 e. The monoisotopic (exact) mass is 418 g/mol. The first-order valence-corrected chi connectivity index (χ1v) is 11.8. The van der Waals surface area contributed by atoms with Crippen molar-refractivity contribution in [2.45, 2.75) is 38.6 Å². The number of piperidine rings is 2. The van der Waals surface area contributed by atoms with Crippen LogP contribution in [0, 0.1) is 5.92 Å². The molecule has 29 heavy (non-hydrogen) atoms. The second kappa shape index (κ2) is 9.67. The highest BCUT2D eigenvalue weighted by molar-refractivity contribution is 6.30. The number of amides is 1. The number of rotatable bonds is 4. The van der Waals surface area contributed by atoms with Gasteiger partial charge in [0.05, 0.1) is 0 Å². The van der Waals surface area contributed by atoms with E-state index in [-0.39, 0.29) is 5.92 Å². The lowest BCUT2D eigenvalue weighted by Crippen LogP contribution is -2.56. The van der Waals surface area contributed by atoms with Gasteiger partial charge in [0.25, 0.3) is 0 Å². The molecule has 160 valence electrons. The first-order chi connectivity index (χ1) is 14.1. The highest BCUT2D eigenvalue weighted by Crippen LogP contribution is 2.25. The lowest BCUT2D eigenvalue weighted by Gasteiger charge is -2.44. The number of halogens is 1. The van der Waals surface area contributed by atoms with Crippen molar-refractivity contribution < 1.29 is 4.79 Å². The summed E-state index contributed by atoms with van der Waals surface area (Å²) >= 11 is 6.16. The molecular weight excluding hydrogens is 384 g/mol. The molecule has 3 saturated heterocycles. The van der Waals surface area contributed by atoms with Gasteiger partial charge in [-0.15, -0.1) is 0 Å². The zero-order chi connectivity index (χ0) is 20.2. The maximum absolute atomic E-state index is 13.1. The second-order valence-electron chi connectivity index (χ2n) is 8.79. The minimum absolute atomic E-state index is 0.247. The van der Waals surface area contributed by atoms with Crippen LogP contribution < -0.4 is 4.90 Å². The van der Waals surface area contributed by atoms with Crippen LogP contribution in [0.1, 0.15) is 32.6 Å². The molecule has 1 amide bonds. The van der Waals surface area contributed by atoms with Gasteiger partial charge in [-0.2, -0.15) is 0 Å². The Morgan fingerprint density at radius 1 is 1.03 bits per heavy atom. The fourth-order valence-electron chi connectivity index (χ4n) is 5.23. The van der Waals surface area contributed by atoms with E-state index >= 15 is 0 Å². The van der Waals surface area contributed by atoms with Gasteiger partial charge in [0.1, 0.15) is 0 Å². The van der Waals surface area contributed by atoms with Crippen molar-refractivity contribution in [2.24, 2.45) is 5.92 Å². The van der Waals surface area contributed by atoms with E-state index < -0.39 is 0 Å². The molecule has 0 aliphatic carbocycles. The number of piperazine rings is 1. The molecule has 1 atom stereocenters. The highest BCUT2D eigenvalue weighted by atomic mass is 35.5. The third kappa shape index (κ3) is 5.07. The SMILES string of the molecule is CCN1CCC(C(=O)N2CCC[C@H](N3CCN(c4cccc(Cl)c4)CC3)C2)CC1. The van der Waals surface area contributed by atoms with Gasteiger partial charge in [-0.25, -0.2) is 0 Å². The molecule has 3 fully saturated rings. The number of anilines is 1. The van der Waals surface area contributed by atoms with E-state index in [9.17, 15) is 4.79 Å². The standard InChI is InChI=1S/C23H35ClN4O/c1-2-25-11-8-19(9-12-25)23(29)28-10-4-7-22(18-28)27-15-13-26(14-16-27)21-6-3-5-20(24)17-21/h3,5-6,17,19,22H,2,4,7-16,18H2,1H3/t22-/m0/s1. The van der Waals surface area contributed by atoms with Gasteiger partial charge in [-0.05, 0) is 63.5 Å². The third-order valence-electron chi connectivity index (χ3n) is 7.10. The van der Waals surface area contributed by atoms with Gasteiger partial charge in [-0.3, -0.25) is 9.69 Å². The van der Waals surface area contributed by atoms with Crippen molar-refractivity contribution in [2.75, 3.05) is 63.8 Å². The lowest BCUT2D eigenvalue weighted by atomic mass is 9.93. The number of hydrogen-bond acceptors (Lipinski definition) is 4. The van der Waals surface area contributed by atoms with Crippen LogP contribution in [0.25, 0.3) is 0 Å². The third-order valence-corrected chi connectivity index (χ3v) is 7.33. The van der Waals surface area contributed by atoms with E-state index in [4.69, 9.17) is 11.6 Å². The number of hydrogen-bond donors (Lipinski definition) is 0. The summed E-state index contributed by atoms with van der Waals surface area (Å²) in [5.41, 5.74) is 1.22. The van der Waals surface area contributed by atoms with E-state index in [2.05, 4.69) is 38.7 Å². The van der Waals surface area contributed by atoms with Gasteiger partial charge in [-0.1, -0.05) is 24.6 Å². The highest BCUT2D eigenvalue weighted by Gasteiger charge is 2.33. The van der Waals surface area contributed by atoms with Crippen molar-refractivity contribution in [3.63, 3.8) is 0 Å². The molecule has 1 aromatic rings. The molecule has 3 aliphatic heterocycles. The molecule has 0 radical (unpaired) electrons. The average Bonchev–Trinajstić information content (AvgIpc) is 2.79. The maximum atomic E-state index is 13.1. The van der Waals surface area contributed by atoms with Crippen LogP contribution in [-0.4, -0.2) is 85.6 Å². The second-order valence-corrected chi connectivity index (χ2v) is 9.23. The minimum Gasteiger partial charge on any atom is -0.369 e. The topological polar surface area (TPSA) is 30.0 Å². The number of nitrogens with zero attached hydrogens (tertiary/aromatic N) is 4. The molecule has 3 aliphatic rings. The Morgan fingerprint density at radius 3 is 2.48 bits per heavy atom. The van der Waals surface area contributed by atoms with Crippen LogP contribution in [0.3, 0.4) is 0 Å². The van der Waals surface area contributed by atoms with Crippen LogP contribution in [0.4, 0.5) is 5.69 Å².